The molecule has 1 aliphatic heterocycles. The van der Waals surface area contributed by atoms with Gasteiger partial charge in [-0.3, -0.25) is 4.79 Å². The van der Waals surface area contributed by atoms with Crippen molar-refractivity contribution >= 4 is 5.97 Å². The molecule has 118 valence electrons. The number of benzene rings is 1. The predicted molar refractivity (Wildman–Crippen MR) is 80.9 cm³/mol. The molecular formula is C15H15N5O3. The van der Waals surface area contributed by atoms with Crippen molar-refractivity contribution in [3.05, 3.63) is 48.0 Å². The number of aryl methyl sites for hydroxylation is 1. The minimum Gasteiger partial charge on any atom is -0.480 e. The van der Waals surface area contributed by atoms with Crippen LogP contribution in [0.2, 0.25) is 0 Å². The Morgan fingerprint density at radius 2 is 2.26 bits per heavy atom. The predicted octanol–water partition coefficient (Wildman–Crippen LogP) is -0.410. The van der Waals surface area contributed by atoms with Gasteiger partial charge in [0.2, 0.25) is 0 Å². The number of nitrogens with zero attached hydrogens (tertiary/aromatic N) is 2. The lowest BCUT2D eigenvalue weighted by molar-refractivity contribution is -0.141. The molecule has 0 saturated carbocycles. The van der Waals surface area contributed by atoms with E-state index in [0.29, 0.717) is 11.6 Å². The van der Waals surface area contributed by atoms with Gasteiger partial charge in [0.15, 0.2) is 18.1 Å². The number of hydrogen-bond acceptors (Lipinski definition) is 6. The summed E-state index contributed by atoms with van der Waals surface area (Å²) in [6.07, 6.45) is 2.77. The van der Waals surface area contributed by atoms with Crippen LogP contribution in [0.4, 0.5) is 0 Å². The first-order chi connectivity index (χ1) is 11.1. The zero-order chi connectivity index (χ0) is 16.2. The molecule has 0 aliphatic carbocycles. The number of hydrazine groups is 2. The van der Waals surface area contributed by atoms with E-state index in [9.17, 15) is 4.79 Å². The van der Waals surface area contributed by atoms with Crippen LogP contribution in [0.15, 0.2) is 36.7 Å². The number of aliphatic carboxylic acids is 1. The molecule has 0 radical (unpaired) electrons. The quantitative estimate of drug-likeness (QED) is 0.572. The molecule has 8 heteroatoms. The smallest absolute Gasteiger partial charge is 0.327 e. The Morgan fingerprint density at radius 3 is 3.00 bits per heavy atom. The van der Waals surface area contributed by atoms with Crippen LogP contribution in [0.25, 0.3) is 0 Å². The van der Waals surface area contributed by atoms with Crippen LogP contribution in [0, 0.1) is 11.8 Å². The molecule has 1 aromatic heterocycles. The monoisotopic (exact) mass is 313 g/mol. The molecule has 0 amide bonds. The number of carboxylic acid groups (broad SMARTS) is 1. The van der Waals surface area contributed by atoms with Gasteiger partial charge in [-0.15, -0.1) is 0 Å². The minimum absolute atomic E-state index is 0.519. The van der Waals surface area contributed by atoms with E-state index in [4.69, 9.17) is 9.84 Å². The van der Waals surface area contributed by atoms with Gasteiger partial charge < -0.3 is 14.4 Å². The Kier molecular flexibility index (Phi) is 4.25. The second-order valence-electron chi connectivity index (χ2n) is 4.91. The highest BCUT2D eigenvalue weighted by atomic mass is 16.5. The van der Waals surface area contributed by atoms with Crippen molar-refractivity contribution in [2.24, 2.45) is 7.05 Å². The number of nitrogens with one attached hydrogen (secondary N) is 3. The van der Waals surface area contributed by atoms with Gasteiger partial charge >= 0.3 is 5.97 Å². The fourth-order valence-electron chi connectivity index (χ4n) is 2.05. The summed E-state index contributed by atoms with van der Waals surface area (Å²) in [6.45, 7) is 0. The van der Waals surface area contributed by atoms with Crippen LogP contribution in [0.5, 0.6) is 5.75 Å². The lowest BCUT2D eigenvalue weighted by Crippen LogP contribution is -2.44. The summed E-state index contributed by atoms with van der Waals surface area (Å²) in [6, 6.07) is 6.23. The molecule has 1 aliphatic rings. The van der Waals surface area contributed by atoms with E-state index in [-0.39, 0.29) is 0 Å². The van der Waals surface area contributed by atoms with Crippen molar-refractivity contribution in [3.8, 4) is 17.6 Å². The Balaban J connectivity index is 1.74. The standard InChI is InChI=1S/C15H15N5O3/c1-20-8-7-16-12(20)6-5-10-3-2-4-11(9-10)23-14-13(15(21)22)17-19-18-14/h2-4,7-9,13-14,17-19H,1H3,(H,21,22). The minimum atomic E-state index is -1.02. The Bertz CT molecular complexity index is 777. The number of imidazole rings is 1. The normalized spacial score (nSPS) is 19.9. The van der Waals surface area contributed by atoms with Gasteiger partial charge in [0.25, 0.3) is 0 Å². The third-order valence-electron chi connectivity index (χ3n) is 3.25. The average molecular weight is 313 g/mol. The molecule has 2 unspecified atom stereocenters. The second-order valence-corrected chi connectivity index (χ2v) is 4.91. The maximum atomic E-state index is 11.1. The molecule has 2 atom stereocenters. The summed E-state index contributed by atoms with van der Waals surface area (Å²) in [5, 5.41) is 9.08. The first kappa shape index (κ1) is 15.1. The maximum Gasteiger partial charge on any atom is 0.327 e. The van der Waals surface area contributed by atoms with Crippen molar-refractivity contribution in [1.29, 1.82) is 0 Å². The first-order valence-electron chi connectivity index (χ1n) is 6.88. The maximum absolute atomic E-state index is 11.1. The third-order valence-corrected chi connectivity index (χ3v) is 3.25. The molecular weight excluding hydrogens is 298 g/mol. The SMILES string of the molecule is Cn1ccnc1C#Cc1cccc(OC2NNNC2C(=O)O)c1. The van der Waals surface area contributed by atoms with E-state index in [1.54, 1.807) is 24.4 Å². The summed E-state index contributed by atoms with van der Waals surface area (Å²) in [4.78, 5) is 15.2. The molecule has 0 bridgehead atoms. The molecule has 8 nitrogen and oxygen atoms in total. The molecule has 1 fully saturated rings. The summed E-state index contributed by atoms with van der Waals surface area (Å²) >= 11 is 0. The first-order valence-corrected chi connectivity index (χ1v) is 6.88. The average Bonchev–Trinajstić information content (AvgIpc) is 3.14. The van der Waals surface area contributed by atoms with Crippen molar-refractivity contribution in [1.82, 2.24) is 25.9 Å². The van der Waals surface area contributed by atoms with Crippen molar-refractivity contribution in [2.45, 2.75) is 12.3 Å². The molecule has 1 saturated heterocycles. The number of carboxylic acids is 1. The lowest BCUT2D eigenvalue weighted by atomic mass is 10.2. The summed E-state index contributed by atoms with van der Waals surface area (Å²) in [5.41, 5.74) is 8.56. The van der Waals surface area contributed by atoms with E-state index in [0.717, 1.165) is 5.56 Å². The molecule has 23 heavy (non-hydrogen) atoms. The van der Waals surface area contributed by atoms with Crippen molar-refractivity contribution in [3.63, 3.8) is 0 Å². The molecule has 2 heterocycles. The van der Waals surface area contributed by atoms with Gasteiger partial charge in [-0.05, 0) is 24.1 Å². The molecule has 2 aromatic rings. The van der Waals surface area contributed by atoms with Gasteiger partial charge in [0, 0.05) is 25.0 Å². The van der Waals surface area contributed by atoms with Crippen LogP contribution in [0.1, 0.15) is 11.4 Å². The van der Waals surface area contributed by atoms with Gasteiger partial charge in [-0.2, -0.15) is 5.53 Å². The topological polar surface area (TPSA) is 100 Å². The zero-order valence-corrected chi connectivity index (χ0v) is 12.3. The lowest BCUT2D eigenvalue weighted by Gasteiger charge is -2.16. The fraction of sp³-hybridized carbons (Fsp3) is 0.200. The highest BCUT2D eigenvalue weighted by Crippen LogP contribution is 2.15. The van der Waals surface area contributed by atoms with Crippen LogP contribution >= 0.6 is 0 Å². The Hall–Kier alpha value is -2.86. The second kappa shape index (κ2) is 6.50. The highest BCUT2D eigenvalue weighted by Gasteiger charge is 2.34. The third kappa shape index (κ3) is 3.49. The summed E-state index contributed by atoms with van der Waals surface area (Å²) in [5.74, 6) is 6.14. The molecule has 0 spiro atoms. The fourth-order valence-corrected chi connectivity index (χ4v) is 2.05. The summed E-state index contributed by atoms with van der Waals surface area (Å²) < 4.78 is 7.47. The van der Waals surface area contributed by atoms with Crippen LogP contribution in [0.3, 0.4) is 0 Å². The number of hydrogen-bond donors (Lipinski definition) is 4. The van der Waals surface area contributed by atoms with E-state index in [1.807, 2.05) is 23.9 Å². The van der Waals surface area contributed by atoms with Crippen LogP contribution < -0.4 is 21.1 Å². The highest BCUT2D eigenvalue weighted by molar-refractivity contribution is 5.74. The van der Waals surface area contributed by atoms with E-state index in [1.165, 1.54) is 0 Å². The van der Waals surface area contributed by atoms with Crippen molar-refractivity contribution in [2.75, 3.05) is 0 Å². The van der Waals surface area contributed by atoms with E-state index < -0.39 is 18.2 Å². The largest absolute Gasteiger partial charge is 0.480 e. The number of rotatable bonds is 3. The van der Waals surface area contributed by atoms with Gasteiger partial charge in [-0.1, -0.05) is 12.0 Å². The molecule has 4 N–H and O–H groups in total. The van der Waals surface area contributed by atoms with Crippen LogP contribution in [-0.4, -0.2) is 32.9 Å². The zero-order valence-electron chi connectivity index (χ0n) is 12.3. The Morgan fingerprint density at radius 1 is 1.39 bits per heavy atom. The van der Waals surface area contributed by atoms with Crippen LogP contribution in [-0.2, 0) is 11.8 Å². The van der Waals surface area contributed by atoms with Gasteiger partial charge in [0.05, 0.1) is 0 Å². The number of aromatic nitrogens is 2. The van der Waals surface area contributed by atoms with Gasteiger partial charge in [0.1, 0.15) is 5.75 Å². The van der Waals surface area contributed by atoms with Gasteiger partial charge in [-0.25, -0.2) is 15.8 Å². The Labute approximate surface area is 132 Å². The number of carbonyl (C=O) groups is 1. The van der Waals surface area contributed by atoms with Crippen molar-refractivity contribution < 1.29 is 14.6 Å². The summed E-state index contributed by atoms with van der Waals surface area (Å²) in [7, 11) is 1.87. The molecule has 1 aromatic carbocycles. The molecule has 3 rings (SSSR count). The van der Waals surface area contributed by atoms with E-state index in [2.05, 4.69) is 33.2 Å². The number of ether oxygens (including phenoxy) is 1. The van der Waals surface area contributed by atoms with E-state index >= 15 is 0 Å².